The highest BCUT2D eigenvalue weighted by atomic mass is 35.5. The summed E-state index contributed by atoms with van der Waals surface area (Å²) in [5.41, 5.74) is 0.529. The molecule has 1 amide bonds. The van der Waals surface area contributed by atoms with Crippen LogP contribution in [0.15, 0.2) is 47.8 Å². The first-order valence-corrected chi connectivity index (χ1v) is 10.6. The van der Waals surface area contributed by atoms with E-state index in [1.165, 1.54) is 18.2 Å². The maximum atomic E-state index is 12.8. The number of hydrogen-bond acceptors (Lipinski definition) is 7. The van der Waals surface area contributed by atoms with Crippen molar-refractivity contribution in [3.05, 3.63) is 78.8 Å². The van der Waals surface area contributed by atoms with Crippen LogP contribution in [0.5, 0.6) is 0 Å². The van der Waals surface area contributed by atoms with E-state index in [0.717, 1.165) is 11.3 Å². The third-order valence-corrected chi connectivity index (χ3v) is 6.67. The number of nitro groups is 1. The summed E-state index contributed by atoms with van der Waals surface area (Å²) in [5.74, 6) is -2.12. The van der Waals surface area contributed by atoms with E-state index in [0.29, 0.717) is 32.2 Å². The number of amides is 1. The number of halogens is 1. The molecule has 0 bridgehead atoms. The molecule has 0 unspecified atom stereocenters. The highest BCUT2D eigenvalue weighted by Crippen LogP contribution is 2.37. The highest BCUT2D eigenvalue weighted by Gasteiger charge is 2.30. The number of thiophene rings is 1. The van der Waals surface area contributed by atoms with Gasteiger partial charge in [-0.2, -0.15) is 0 Å². The van der Waals surface area contributed by atoms with Gasteiger partial charge in [0.25, 0.3) is 5.69 Å². The van der Waals surface area contributed by atoms with Gasteiger partial charge in [-0.05, 0) is 35.1 Å². The molecule has 0 saturated heterocycles. The Bertz CT molecular complexity index is 1360. The first kappa shape index (κ1) is 20.7. The second kappa shape index (κ2) is 7.95. The summed E-state index contributed by atoms with van der Waals surface area (Å²) in [7, 11) is 0. The summed E-state index contributed by atoms with van der Waals surface area (Å²) in [6.45, 7) is 0. The van der Waals surface area contributed by atoms with Crippen LogP contribution in [0.4, 0.5) is 10.7 Å². The fourth-order valence-corrected chi connectivity index (χ4v) is 5.07. The third-order valence-electron chi connectivity index (χ3n) is 4.35. The van der Waals surface area contributed by atoms with Crippen LogP contribution in [-0.2, 0) is 0 Å². The zero-order valence-corrected chi connectivity index (χ0v) is 17.6. The van der Waals surface area contributed by atoms with Crippen LogP contribution in [0.2, 0.25) is 5.02 Å². The van der Waals surface area contributed by atoms with Gasteiger partial charge in [-0.25, -0.2) is 4.79 Å². The molecule has 4 aromatic rings. The number of aromatic nitrogens is 1. The van der Waals surface area contributed by atoms with E-state index in [2.05, 4.69) is 5.32 Å². The van der Waals surface area contributed by atoms with Crippen LogP contribution in [0.3, 0.4) is 0 Å². The van der Waals surface area contributed by atoms with Gasteiger partial charge < -0.3 is 15.6 Å². The number of rotatable bonds is 5. The van der Waals surface area contributed by atoms with Gasteiger partial charge in [-0.15, -0.1) is 16.1 Å². The Morgan fingerprint density at radius 2 is 1.87 bits per heavy atom. The van der Waals surface area contributed by atoms with Crippen LogP contribution in [0, 0.1) is 15.3 Å². The highest BCUT2D eigenvalue weighted by molar-refractivity contribution is 7.20. The maximum absolute atomic E-state index is 12.8. The SMILES string of the molecule is O=C(O)c1c(-c2ccc(Cl)cc2)csc1NC(=O)c1sc2c([N+](=O)[O-])cccc2[n+]1[O-]. The molecule has 9 nitrogen and oxygen atoms in total. The zero-order chi connectivity index (χ0) is 22.3. The van der Waals surface area contributed by atoms with E-state index < -0.39 is 16.8 Å². The van der Waals surface area contributed by atoms with Crippen molar-refractivity contribution in [1.29, 1.82) is 0 Å². The topological polar surface area (TPSA) is 136 Å². The predicted molar refractivity (Wildman–Crippen MR) is 117 cm³/mol. The van der Waals surface area contributed by atoms with Crippen LogP contribution in [0.1, 0.15) is 20.2 Å². The van der Waals surface area contributed by atoms with Gasteiger partial charge in [-0.3, -0.25) is 14.9 Å². The van der Waals surface area contributed by atoms with Gasteiger partial charge in [0, 0.05) is 28.1 Å². The van der Waals surface area contributed by atoms with Gasteiger partial charge in [0.2, 0.25) is 5.52 Å². The first-order chi connectivity index (χ1) is 14.8. The lowest BCUT2D eigenvalue weighted by Crippen LogP contribution is -2.34. The number of thiazole rings is 1. The molecule has 0 aliphatic rings. The molecular weight excluding hydrogens is 466 g/mol. The average Bonchev–Trinajstić information content (AvgIpc) is 3.30. The molecule has 0 saturated carbocycles. The van der Waals surface area contributed by atoms with Crippen LogP contribution in [0.25, 0.3) is 21.3 Å². The summed E-state index contributed by atoms with van der Waals surface area (Å²) in [6, 6.07) is 10.5. The molecule has 0 atom stereocenters. The molecule has 0 aliphatic carbocycles. The molecule has 2 N–H and O–H groups in total. The number of aromatic carboxylic acids is 1. The van der Waals surface area contributed by atoms with Gasteiger partial charge in [0.1, 0.15) is 10.6 Å². The minimum atomic E-state index is -1.26. The number of non-ortho nitro benzene ring substituents is 1. The fraction of sp³-hybridized carbons (Fsp3) is 0. The fourth-order valence-electron chi connectivity index (χ4n) is 2.97. The average molecular weight is 476 g/mol. The van der Waals surface area contributed by atoms with E-state index in [1.54, 1.807) is 29.6 Å². The number of carboxylic acid groups (broad SMARTS) is 1. The van der Waals surface area contributed by atoms with E-state index in [9.17, 15) is 30.0 Å². The number of carbonyl (C=O) groups is 2. The van der Waals surface area contributed by atoms with E-state index in [4.69, 9.17) is 11.6 Å². The van der Waals surface area contributed by atoms with Gasteiger partial charge >= 0.3 is 16.9 Å². The molecule has 2 aromatic heterocycles. The van der Waals surface area contributed by atoms with Crippen molar-refractivity contribution in [2.75, 3.05) is 5.32 Å². The van der Waals surface area contributed by atoms with E-state index >= 15 is 0 Å². The predicted octanol–water partition coefficient (Wildman–Crippen LogP) is 4.78. The van der Waals surface area contributed by atoms with Gasteiger partial charge in [0.15, 0.2) is 4.70 Å². The number of carbonyl (C=O) groups excluding carboxylic acids is 1. The van der Waals surface area contributed by atoms with E-state index in [-0.39, 0.29) is 31.5 Å². The van der Waals surface area contributed by atoms with Crippen molar-refractivity contribution in [3.63, 3.8) is 0 Å². The molecular formula is C19H10ClN3O6S2. The summed E-state index contributed by atoms with van der Waals surface area (Å²) in [4.78, 5) is 35.2. The van der Waals surface area contributed by atoms with Crippen molar-refractivity contribution >= 4 is 67.1 Å². The lowest BCUT2D eigenvalue weighted by molar-refractivity contribution is -0.574. The largest absolute Gasteiger partial charge is 0.617 e. The van der Waals surface area contributed by atoms with Crippen molar-refractivity contribution < 1.29 is 24.3 Å². The van der Waals surface area contributed by atoms with Crippen LogP contribution in [-0.4, -0.2) is 21.9 Å². The van der Waals surface area contributed by atoms with Crippen molar-refractivity contribution in [3.8, 4) is 11.1 Å². The van der Waals surface area contributed by atoms with Crippen molar-refractivity contribution in [2.24, 2.45) is 0 Å². The maximum Gasteiger partial charge on any atom is 0.340 e. The Morgan fingerprint density at radius 1 is 1.16 bits per heavy atom. The standard InChI is InChI=1S/C19H10ClN3O6S2/c20-10-6-4-9(5-7-10)11-8-30-17(14(11)19(25)26)21-16(24)18-22(27)12-2-1-3-13(23(28)29)15(12)31-18/h1-8H,(H,21,24)(H,25,26). The quantitative estimate of drug-likeness (QED) is 0.184. The molecule has 0 spiro atoms. The number of anilines is 1. The Morgan fingerprint density at radius 3 is 2.52 bits per heavy atom. The normalized spacial score (nSPS) is 10.9. The van der Waals surface area contributed by atoms with Gasteiger partial charge in [-0.1, -0.05) is 23.7 Å². The Kier molecular flexibility index (Phi) is 5.31. The Labute approximate surface area is 186 Å². The molecule has 2 heterocycles. The number of nitrogens with one attached hydrogen (secondary N) is 1. The van der Waals surface area contributed by atoms with Crippen LogP contribution < -0.4 is 10.0 Å². The summed E-state index contributed by atoms with van der Waals surface area (Å²) in [6.07, 6.45) is 0. The zero-order valence-electron chi connectivity index (χ0n) is 15.2. The molecule has 12 heteroatoms. The lowest BCUT2D eigenvalue weighted by atomic mass is 10.0. The molecule has 0 aliphatic heterocycles. The monoisotopic (exact) mass is 475 g/mol. The molecule has 0 fully saturated rings. The number of nitrogens with zero attached hydrogens (tertiary/aromatic N) is 2. The molecule has 156 valence electrons. The lowest BCUT2D eigenvalue weighted by Gasteiger charge is -2.05. The third kappa shape index (κ3) is 3.69. The Hall–Kier alpha value is -3.54. The molecule has 4 rings (SSSR count). The second-order valence-electron chi connectivity index (χ2n) is 6.20. The number of carboxylic acids is 1. The number of benzene rings is 2. The minimum absolute atomic E-state index is 0.0177. The smallest absolute Gasteiger partial charge is 0.340 e. The second-order valence-corrected chi connectivity index (χ2v) is 8.52. The van der Waals surface area contributed by atoms with Gasteiger partial charge in [0.05, 0.1) is 4.92 Å². The van der Waals surface area contributed by atoms with Crippen molar-refractivity contribution in [2.45, 2.75) is 0 Å². The minimum Gasteiger partial charge on any atom is -0.617 e. The first-order valence-electron chi connectivity index (χ1n) is 8.49. The number of fused-ring (bicyclic) bond motifs is 1. The number of hydrogen-bond donors (Lipinski definition) is 2. The van der Waals surface area contributed by atoms with Crippen LogP contribution >= 0.6 is 34.3 Å². The van der Waals surface area contributed by atoms with Crippen molar-refractivity contribution in [1.82, 2.24) is 0 Å². The summed E-state index contributed by atoms with van der Waals surface area (Å²) < 4.78 is 0.357. The molecule has 0 radical (unpaired) electrons. The summed E-state index contributed by atoms with van der Waals surface area (Å²) >= 11 is 7.53. The molecule has 2 aromatic carbocycles. The number of nitro benzene ring substituents is 1. The summed E-state index contributed by atoms with van der Waals surface area (Å²) in [5, 5.41) is 37.6. The molecule has 31 heavy (non-hydrogen) atoms. The Balaban J connectivity index is 1.73. The van der Waals surface area contributed by atoms with E-state index in [1.807, 2.05) is 0 Å².